The average Bonchev–Trinajstić information content (AvgIpc) is 0.814. The van der Waals surface area contributed by atoms with Gasteiger partial charge in [0.05, 0.1) is 55.3 Å². The van der Waals surface area contributed by atoms with Crippen molar-refractivity contribution in [3.63, 3.8) is 0 Å². The third-order valence-electron chi connectivity index (χ3n) is 19.3. The van der Waals surface area contributed by atoms with E-state index in [-0.39, 0.29) is 60.7 Å². The summed E-state index contributed by atoms with van der Waals surface area (Å²) in [6.07, 6.45) is 11.1. The molecule has 744 valence electrons. The first kappa shape index (κ1) is 115. The topological polar surface area (TPSA) is 250 Å². The van der Waals surface area contributed by atoms with E-state index in [0.29, 0.717) is 77.4 Å². The monoisotopic (exact) mass is 2020 g/mol. The maximum Gasteiger partial charge on any atom is 0.188 e. The second-order valence-electron chi connectivity index (χ2n) is 30.5. The van der Waals surface area contributed by atoms with Crippen LogP contribution >= 0.6 is 51.5 Å². The lowest BCUT2D eigenvalue weighted by Crippen LogP contribution is -2.15. The second kappa shape index (κ2) is 64.6. The van der Waals surface area contributed by atoms with E-state index in [9.17, 15) is 4.39 Å². The van der Waals surface area contributed by atoms with Crippen LogP contribution in [0.15, 0.2) is 260 Å². The Labute approximate surface area is 835 Å². The lowest BCUT2D eigenvalue weighted by atomic mass is 10.1. The molecule has 0 heterocycles. The zero-order valence-corrected chi connectivity index (χ0v) is 90.0. The van der Waals surface area contributed by atoms with Gasteiger partial charge in [0.15, 0.2) is 75.3 Å². The lowest BCUT2D eigenvalue weighted by molar-refractivity contribution is 0.0498. The van der Waals surface area contributed by atoms with E-state index < -0.39 is 0 Å². The SMILES string of the molecule is CN=Cc1cc(C)ccc1Pc1cc(OC)ccc1OCOC.CN=Cc1cc(F)ccc1Pc1cc(OC)cc(OC)c1OCOC.CN=Cc1cccc(C)c1Pc1cccc(OC)c1OCOC.CN=Cc1ccccc1Pc1cc(OC)cc(OC)c1OCOC.CN=Cc1ccccc1Pc1cc(OC)ccc1OCOC.COCOc1ccccc1Pc1ccccc1C=NC(C)(C)C. The summed E-state index contributed by atoms with van der Waals surface area (Å²) in [5.41, 5.74) is 8.72. The summed E-state index contributed by atoms with van der Waals surface area (Å²) < 4.78 is 116. The van der Waals surface area contributed by atoms with E-state index in [0.717, 1.165) is 105 Å². The minimum absolute atomic E-state index is 0.0737. The molecular formula is C108H131FN6O19P6. The third kappa shape index (κ3) is 38.4. The summed E-state index contributed by atoms with van der Waals surface area (Å²) in [5.74, 6) is 9.05. The van der Waals surface area contributed by atoms with Gasteiger partial charge in [-0.05, 0) is 162 Å². The maximum atomic E-state index is 13.6. The van der Waals surface area contributed by atoms with Crippen molar-refractivity contribution in [3.8, 4) is 74.7 Å². The van der Waals surface area contributed by atoms with Crippen LogP contribution in [-0.2, 0) is 28.4 Å². The highest BCUT2D eigenvalue weighted by atomic mass is 31.1. The number of ether oxygens (including phenoxy) is 19. The molecule has 12 aromatic carbocycles. The van der Waals surface area contributed by atoms with Crippen LogP contribution in [0, 0.1) is 19.7 Å². The van der Waals surface area contributed by atoms with Gasteiger partial charge in [0.25, 0.3) is 0 Å². The number of aryl methyl sites for hydroxylation is 2. The van der Waals surface area contributed by atoms with E-state index in [1.54, 1.807) is 152 Å². The molecule has 0 N–H and O–H groups in total. The van der Waals surface area contributed by atoms with Gasteiger partial charge in [-0.3, -0.25) is 30.0 Å². The number of benzene rings is 12. The first-order chi connectivity index (χ1) is 68.0. The fourth-order valence-corrected chi connectivity index (χ4v) is 20.4. The number of nitrogens with zero attached hydrogens (tertiary/aromatic N) is 6. The highest BCUT2D eigenvalue weighted by molar-refractivity contribution is 7.57. The Hall–Kier alpha value is -11.7. The Morgan fingerprint density at radius 3 is 1.01 bits per heavy atom. The predicted octanol–water partition coefficient (Wildman–Crippen LogP) is 16.1. The van der Waals surface area contributed by atoms with Crippen molar-refractivity contribution in [1.82, 2.24) is 0 Å². The van der Waals surface area contributed by atoms with Crippen LogP contribution in [0.2, 0.25) is 0 Å². The van der Waals surface area contributed by atoms with Crippen LogP contribution < -0.4 is 125 Å². The van der Waals surface area contributed by atoms with Gasteiger partial charge in [0, 0.05) is 181 Å². The van der Waals surface area contributed by atoms with Gasteiger partial charge in [0.2, 0.25) is 0 Å². The number of hydrogen-bond acceptors (Lipinski definition) is 25. The maximum absolute atomic E-state index is 13.6. The van der Waals surface area contributed by atoms with Gasteiger partial charge in [-0.1, -0.05) is 197 Å². The quantitative estimate of drug-likeness (QED) is 0.0196. The smallest absolute Gasteiger partial charge is 0.188 e. The molecule has 12 rings (SSSR count). The molecule has 0 saturated carbocycles. The highest BCUT2D eigenvalue weighted by Gasteiger charge is 2.22. The molecule has 25 nitrogen and oxygen atoms in total. The number of aliphatic imine (C=N–C) groups is 6. The van der Waals surface area contributed by atoms with Crippen LogP contribution in [0.25, 0.3) is 0 Å². The zero-order valence-electron chi connectivity index (χ0n) is 84.0. The Morgan fingerprint density at radius 1 is 0.257 bits per heavy atom. The van der Waals surface area contributed by atoms with E-state index in [2.05, 4.69) is 143 Å². The van der Waals surface area contributed by atoms with Crippen LogP contribution in [0.4, 0.5) is 4.39 Å². The largest absolute Gasteiger partial charge is 0.497 e. The van der Waals surface area contributed by atoms with Gasteiger partial charge >= 0.3 is 0 Å². The molecule has 0 spiro atoms. The van der Waals surface area contributed by atoms with Crippen LogP contribution in [-0.4, -0.2) is 211 Å². The first-order valence-electron chi connectivity index (χ1n) is 43.9. The fourth-order valence-electron chi connectivity index (χ4n) is 12.9. The molecular weight excluding hydrogens is 1890 g/mol. The van der Waals surface area contributed by atoms with Crippen molar-refractivity contribution in [3.05, 3.63) is 281 Å². The number of rotatable bonds is 43. The molecule has 0 aliphatic heterocycles. The molecule has 0 fully saturated rings. The molecule has 140 heavy (non-hydrogen) atoms. The van der Waals surface area contributed by atoms with Crippen molar-refractivity contribution < 1.29 is 94.4 Å². The number of hydrogen-bond donors (Lipinski definition) is 0. The summed E-state index contributed by atoms with van der Waals surface area (Å²) in [6.45, 7) is 11.6. The summed E-state index contributed by atoms with van der Waals surface area (Å²) in [6, 6.07) is 75.1. The third-order valence-corrected chi connectivity index (χ3v) is 27.8. The molecule has 0 saturated heterocycles. The minimum Gasteiger partial charge on any atom is -0.497 e. The van der Waals surface area contributed by atoms with E-state index >= 15 is 0 Å². The van der Waals surface area contributed by atoms with Crippen molar-refractivity contribution in [2.24, 2.45) is 30.0 Å². The Balaban J connectivity index is 0.000000228. The molecule has 0 radical (unpaired) electrons. The lowest BCUT2D eigenvalue weighted by Gasteiger charge is -2.17. The Morgan fingerprint density at radius 2 is 0.586 bits per heavy atom. The van der Waals surface area contributed by atoms with E-state index in [1.807, 2.05) is 152 Å². The number of para-hydroxylation sites is 2. The Bertz CT molecular complexity index is 5980. The normalized spacial score (nSPS) is 11.6. The van der Waals surface area contributed by atoms with Crippen molar-refractivity contribution >= 4 is 152 Å². The molecule has 0 aromatic heterocycles. The molecule has 6 atom stereocenters. The number of methoxy groups -OCH3 is 13. The average molecular weight is 2020 g/mol. The van der Waals surface area contributed by atoms with Crippen molar-refractivity contribution in [2.75, 3.05) is 168 Å². The van der Waals surface area contributed by atoms with Gasteiger partial charge < -0.3 is 90.0 Å². The Kier molecular flexibility index (Phi) is 53.2. The number of halogens is 1. The molecule has 32 heteroatoms. The first-order valence-corrected chi connectivity index (χ1v) is 49.9. The molecule has 12 aromatic rings. The summed E-state index contributed by atoms with van der Waals surface area (Å²) >= 11 is 0. The van der Waals surface area contributed by atoms with Crippen LogP contribution in [0.5, 0.6) is 74.7 Å². The molecule has 0 bridgehead atoms. The molecule has 0 aliphatic carbocycles. The van der Waals surface area contributed by atoms with Gasteiger partial charge in [-0.25, -0.2) is 4.39 Å². The minimum atomic E-state index is -0.303. The van der Waals surface area contributed by atoms with Crippen LogP contribution in [0.1, 0.15) is 65.3 Å². The molecule has 6 unspecified atom stereocenters. The van der Waals surface area contributed by atoms with Gasteiger partial charge in [-0.2, -0.15) is 0 Å². The van der Waals surface area contributed by atoms with Gasteiger partial charge in [-0.15, -0.1) is 0 Å². The van der Waals surface area contributed by atoms with Gasteiger partial charge in [0.1, 0.15) is 46.1 Å². The predicted molar refractivity (Wildman–Crippen MR) is 588 cm³/mol. The van der Waals surface area contributed by atoms with E-state index in [4.69, 9.17) is 90.0 Å². The summed E-state index contributed by atoms with van der Waals surface area (Å²) in [4.78, 5) is 25.2. The summed E-state index contributed by atoms with van der Waals surface area (Å²) in [7, 11) is 32.1. The zero-order chi connectivity index (χ0) is 101. The standard InChI is InChI=1S/C19H24NO2P.C18H21FNO4P.C18H22NO4P.2C18H22NO3P.C17H20NO3P/c1-19(2,3)20-13-15-9-5-7-11-17(15)23-18-12-8-6-10-16(18)22-14-21-4;1-20-10-12-7-13(19)5-6-16(12)25-17-9-14(22-3)8-15(23-4)18(17)24-11-21-2;1-19-11-13-7-5-6-8-16(13)24-17-10-14(21-3)9-15(22-4)18(17)23-12-20-2;1-13-5-8-17(14(9-13)11-19-2)23-18-10-15(21-4)6-7-16(18)22-12-20-3;1-13-7-5-8-14(11-19-2)18(13)23-16-10-6-9-15(21-4)17(16)22-12-20-3;1-18-11-13-6-4-5-7-16(13)22-17-10-14(20-3)8-9-15(17)21-12-19-2/h5-13,23H,14H2,1-4H3;5-10,25H,11H2,1-4H3;5-11,24H,12H2,1-4H3;2*5-11,23H,12H2,1-4H3;4-11,22H,12H2,1-3H3. The molecule has 0 aliphatic rings. The van der Waals surface area contributed by atoms with Crippen molar-refractivity contribution in [2.45, 2.75) is 40.2 Å². The van der Waals surface area contributed by atoms with Crippen molar-refractivity contribution in [1.29, 1.82) is 0 Å². The summed E-state index contributed by atoms with van der Waals surface area (Å²) in [5, 5.41) is 13.3. The fraction of sp³-hybridized carbons (Fsp3) is 0.278. The van der Waals surface area contributed by atoms with E-state index in [1.165, 1.54) is 55.1 Å². The second-order valence-corrected chi connectivity index (χ2v) is 38.4. The molecule has 0 amide bonds. The highest BCUT2D eigenvalue weighted by Crippen LogP contribution is 2.38. The van der Waals surface area contributed by atoms with Crippen LogP contribution in [0.3, 0.4) is 0 Å².